The molecular weight excluding hydrogens is 254 g/mol. The molecule has 1 aromatic carbocycles. The minimum Gasteiger partial charge on any atom is -0.491 e. The summed E-state index contributed by atoms with van der Waals surface area (Å²) in [7, 11) is 0. The van der Waals surface area contributed by atoms with Gasteiger partial charge in [0.05, 0.1) is 0 Å². The number of carbonyl (C=O) groups is 1. The Kier molecular flexibility index (Phi) is 7.26. The van der Waals surface area contributed by atoms with Crippen molar-refractivity contribution in [1.82, 2.24) is 5.32 Å². The first-order chi connectivity index (χ1) is 9.52. The number of nitrogens with one attached hydrogen (secondary N) is 1. The summed E-state index contributed by atoms with van der Waals surface area (Å²) in [6.07, 6.45) is 1.69. The van der Waals surface area contributed by atoms with Crippen molar-refractivity contribution in [3.63, 3.8) is 0 Å². The second kappa shape index (κ2) is 8.72. The van der Waals surface area contributed by atoms with Crippen LogP contribution in [0, 0.1) is 0 Å². The van der Waals surface area contributed by atoms with E-state index in [1.807, 2.05) is 0 Å². The van der Waals surface area contributed by atoms with E-state index in [4.69, 9.17) is 4.74 Å². The quantitative estimate of drug-likeness (QED) is 0.682. The third-order valence-corrected chi connectivity index (χ3v) is 3.13. The number of benzene rings is 1. The van der Waals surface area contributed by atoms with Gasteiger partial charge in [0.25, 0.3) is 0 Å². The van der Waals surface area contributed by atoms with E-state index >= 15 is 0 Å². The van der Waals surface area contributed by atoms with Gasteiger partial charge in [0.1, 0.15) is 18.5 Å². The summed E-state index contributed by atoms with van der Waals surface area (Å²) < 4.78 is 5.49. The lowest BCUT2D eigenvalue weighted by Gasteiger charge is -2.17. The summed E-state index contributed by atoms with van der Waals surface area (Å²) in [6.45, 7) is 6.54. The minimum absolute atomic E-state index is 0.0331. The average molecular weight is 279 g/mol. The molecule has 2 unspecified atom stereocenters. The maximum atomic E-state index is 11.1. The first kappa shape index (κ1) is 16.7. The molecule has 1 aromatic rings. The molecule has 0 heterocycles. The molecular formula is C16H25NO3. The van der Waals surface area contributed by atoms with E-state index in [0.29, 0.717) is 23.9 Å². The molecule has 0 fully saturated rings. The van der Waals surface area contributed by atoms with Crippen LogP contribution in [0.1, 0.15) is 44.0 Å². The molecule has 20 heavy (non-hydrogen) atoms. The summed E-state index contributed by atoms with van der Waals surface area (Å²) in [6, 6.07) is 7.36. The lowest BCUT2D eigenvalue weighted by molar-refractivity contribution is 0.101. The summed E-state index contributed by atoms with van der Waals surface area (Å²) in [5.74, 6) is 0.696. The number of hydrogen-bond acceptors (Lipinski definition) is 4. The van der Waals surface area contributed by atoms with Gasteiger partial charge in [0.15, 0.2) is 5.78 Å². The highest BCUT2D eigenvalue weighted by atomic mass is 16.5. The molecule has 0 aliphatic rings. The van der Waals surface area contributed by atoms with Gasteiger partial charge in [-0.1, -0.05) is 13.3 Å². The average Bonchev–Trinajstić information content (AvgIpc) is 2.43. The maximum absolute atomic E-state index is 11.1. The van der Waals surface area contributed by atoms with Crippen molar-refractivity contribution < 1.29 is 14.6 Å². The van der Waals surface area contributed by atoms with Crippen LogP contribution in [0.4, 0.5) is 0 Å². The summed E-state index contributed by atoms with van der Waals surface area (Å²) in [4.78, 5) is 11.1. The number of Topliss-reactive ketones (excluding diaryl/α,β-unsaturated/α-hetero) is 1. The summed E-state index contributed by atoms with van der Waals surface area (Å²) in [5, 5.41) is 13.1. The largest absolute Gasteiger partial charge is 0.491 e. The van der Waals surface area contributed by atoms with Crippen molar-refractivity contribution in [2.24, 2.45) is 0 Å². The number of ether oxygens (including phenoxy) is 1. The first-order valence-corrected chi connectivity index (χ1v) is 7.18. The number of carbonyl (C=O) groups excluding carboxylic acids is 1. The van der Waals surface area contributed by atoms with Crippen molar-refractivity contribution in [1.29, 1.82) is 0 Å². The molecule has 0 spiro atoms. The minimum atomic E-state index is -0.540. The highest BCUT2D eigenvalue weighted by molar-refractivity contribution is 5.94. The smallest absolute Gasteiger partial charge is 0.159 e. The molecule has 0 aliphatic carbocycles. The van der Waals surface area contributed by atoms with Gasteiger partial charge in [-0.05, 0) is 44.5 Å². The van der Waals surface area contributed by atoms with Crippen molar-refractivity contribution >= 4 is 5.78 Å². The van der Waals surface area contributed by atoms with Crippen molar-refractivity contribution in [3.05, 3.63) is 29.8 Å². The second-order valence-corrected chi connectivity index (χ2v) is 5.14. The number of aliphatic hydroxyl groups excluding tert-OH is 1. The molecule has 0 bridgehead atoms. The van der Waals surface area contributed by atoms with Gasteiger partial charge in [-0.2, -0.15) is 0 Å². The first-order valence-electron chi connectivity index (χ1n) is 7.18. The zero-order valence-electron chi connectivity index (χ0n) is 12.6. The molecule has 0 aromatic heterocycles. The van der Waals surface area contributed by atoms with Gasteiger partial charge >= 0.3 is 0 Å². The van der Waals surface area contributed by atoms with E-state index in [9.17, 15) is 9.90 Å². The fraction of sp³-hybridized carbons (Fsp3) is 0.562. The Hall–Kier alpha value is -1.39. The number of hydrogen-bond donors (Lipinski definition) is 2. The molecule has 0 amide bonds. The number of ketones is 1. The SMILES string of the molecule is CCCC(C)NCC(O)COc1ccc(C(C)=O)cc1. The Morgan fingerprint density at radius 2 is 2.00 bits per heavy atom. The number of rotatable bonds is 9. The third-order valence-electron chi connectivity index (χ3n) is 3.13. The van der Waals surface area contributed by atoms with Crippen molar-refractivity contribution in [2.75, 3.05) is 13.2 Å². The Morgan fingerprint density at radius 3 is 2.55 bits per heavy atom. The Morgan fingerprint density at radius 1 is 1.35 bits per heavy atom. The molecule has 2 atom stereocenters. The fourth-order valence-electron chi connectivity index (χ4n) is 1.91. The Labute approximate surface area is 121 Å². The van der Waals surface area contributed by atoms with E-state index in [0.717, 1.165) is 12.8 Å². The topological polar surface area (TPSA) is 58.6 Å². The van der Waals surface area contributed by atoms with Crippen LogP contribution in [0.5, 0.6) is 5.75 Å². The predicted molar refractivity (Wildman–Crippen MR) is 80.3 cm³/mol. The third kappa shape index (κ3) is 6.17. The molecule has 0 radical (unpaired) electrons. The monoisotopic (exact) mass is 279 g/mol. The van der Waals surface area contributed by atoms with Gasteiger partial charge in [-0.25, -0.2) is 0 Å². The lowest BCUT2D eigenvalue weighted by Crippen LogP contribution is -2.36. The Bertz CT molecular complexity index is 403. The van der Waals surface area contributed by atoms with Crippen molar-refractivity contribution in [2.45, 2.75) is 45.8 Å². The molecule has 0 saturated heterocycles. The van der Waals surface area contributed by atoms with Gasteiger partial charge < -0.3 is 15.2 Å². The molecule has 1 rings (SSSR count). The van der Waals surface area contributed by atoms with Crippen LogP contribution >= 0.6 is 0 Å². The normalized spacial score (nSPS) is 13.8. The van der Waals surface area contributed by atoms with Gasteiger partial charge in [-0.3, -0.25) is 4.79 Å². The molecule has 4 nitrogen and oxygen atoms in total. The van der Waals surface area contributed by atoms with Crippen LogP contribution in [0.25, 0.3) is 0 Å². The predicted octanol–water partition coefficient (Wildman–Crippen LogP) is 2.41. The van der Waals surface area contributed by atoms with Crippen LogP contribution in [0.3, 0.4) is 0 Å². The highest BCUT2D eigenvalue weighted by Crippen LogP contribution is 2.12. The van der Waals surface area contributed by atoms with E-state index < -0.39 is 6.10 Å². The van der Waals surface area contributed by atoms with Crippen LogP contribution < -0.4 is 10.1 Å². The van der Waals surface area contributed by atoms with E-state index in [1.165, 1.54) is 6.92 Å². The second-order valence-electron chi connectivity index (χ2n) is 5.14. The van der Waals surface area contributed by atoms with E-state index in [1.54, 1.807) is 24.3 Å². The van der Waals surface area contributed by atoms with Crippen LogP contribution in [0.15, 0.2) is 24.3 Å². The van der Waals surface area contributed by atoms with Gasteiger partial charge in [0.2, 0.25) is 0 Å². The lowest BCUT2D eigenvalue weighted by atomic mass is 10.1. The number of aliphatic hydroxyl groups is 1. The maximum Gasteiger partial charge on any atom is 0.159 e. The van der Waals surface area contributed by atoms with Gasteiger partial charge in [0, 0.05) is 18.2 Å². The Balaban J connectivity index is 2.30. The summed E-state index contributed by atoms with van der Waals surface area (Å²) >= 11 is 0. The fourth-order valence-corrected chi connectivity index (χ4v) is 1.91. The van der Waals surface area contributed by atoms with Crippen LogP contribution in [-0.4, -0.2) is 36.2 Å². The standard InChI is InChI=1S/C16H25NO3/c1-4-5-12(2)17-10-15(19)11-20-16-8-6-14(7-9-16)13(3)18/h6-9,12,15,17,19H,4-5,10-11H2,1-3H3. The molecule has 4 heteroatoms. The zero-order chi connectivity index (χ0) is 15.0. The molecule has 0 saturated carbocycles. The summed E-state index contributed by atoms with van der Waals surface area (Å²) in [5.41, 5.74) is 0.660. The molecule has 0 aliphatic heterocycles. The van der Waals surface area contributed by atoms with Crippen LogP contribution in [0.2, 0.25) is 0 Å². The van der Waals surface area contributed by atoms with E-state index in [2.05, 4.69) is 19.2 Å². The molecule has 112 valence electrons. The highest BCUT2D eigenvalue weighted by Gasteiger charge is 2.08. The van der Waals surface area contributed by atoms with Gasteiger partial charge in [-0.15, -0.1) is 0 Å². The van der Waals surface area contributed by atoms with Crippen molar-refractivity contribution in [3.8, 4) is 5.75 Å². The van der Waals surface area contributed by atoms with Crippen LogP contribution in [-0.2, 0) is 0 Å². The van der Waals surface area contributed by atoms with E-state index in [-0.39, 0.29) is 12.4 Å². The molecule has 2 N–H and O–H groups in total. The zero-order valence-corrected chi connectivity index (χ0v) is 12.6.